The standard InChI is InChI=1S/C23H20N4O2/c1-16-8-7-9-17(14-16)15-24-23(29)21-26-20(19-12-5-6-13-27(19)21)22(28)25-18-10-3-2-4-11-18/h2-14H,15H2,1H3,(H,24,29)(H,25,28). The van der Waals surface area contributed by atoms with Crippen LogP contribution in [0.1, 0.15) is 32.2 Å². The Morgan fingerprint density at radius 2 is 1.72 bits per heavy atom. The van der Waals surface area contributed by atoms with Crippen LogP contribution in [0.3, 0.4) is 0 Å². The van der Waals surface area contributed by atoms with Crippen molar-refractivity contribution in [1.29, 1.82) is 0 Å². The minimum Gasteiger partial charge on any atom is -0.345 e. The first-order valence-electron chi connectivity index (χ1n) is 9.29. The van der Waals surface area contributed by atoms with Crippen LogP contribution in [-0.4, -0.2) is 21.2 Å². The number of amides is 2. The summed E-state index contributed by atoms with van der Waals surface area (Å²) >= 11 is 0. The molecule has 2 aromatic carbocycles. The molecule has 0 bridgehead atoms. The van der Waals surface area contributed by atoms with E-state index in [1.165, 1.54) is 0 Å². The summed E-state index contributed by atoms with van der Waals surface area (Å²) in [7, 11) is 0. The topological polar surface area (TPSA) is 75.5 Å². The molecular formula is C23H20N4O2. The van der Waals surface area contributed by atoms with Gasteiger partial charge in [0.15, 0.2) is 5.69 Å². The lowest BCUT2D eigenvalue weighted by atomic mass is 10.1. The summed E-state index contributed by atoms with van der Waals surface area (Å²) in [6.07, 6.45) is 1.73. The minimum atomic E-state index is -0.363. The van der Waals surface area contributed by atoms with Gasteiger partial charge in [-0.3, -0.25) is 14.0 Å². The van der Waals surface area contributed by atoms with Gasteiger partial charge in [0.2, 0.25) is 5.82 Å². The monoisotopic (exact) mass is 384 g/mol. The molecule has 2 heterocycles. The molecule has 0 aliphatic heterocycles. The second-order valence-electron chi connectivity index (χ2n) is 6.73. The number of para-hydroxylation sites is 1. The predicted octanol–water partition coefficient (Wildman–Crippen LogP) is 3.83. The van der Waals surface area contributed by atoms with Crippen LogP contribution in [0.15, 0.2) is 79.0 Å². The number of pyridine rings is 1. The molecule has 29 heavy (non-hydrogen) atoms. The van der Waals surface area contributed by atoms with Crippen LogP contribution in [0.5, 0.6) is 0 Å². The van der Waals surface area contributed by atoms with Crippen LogP contribution in [0.2, 0.25) is 0 Å². The maximum atomic E-state index is 12.8. The highest BCUT2D eigenvalue weighted by atomic mass is 16.2. The number of nitrogens with one attached hydrogen (secondary N) is 2. The van der Waals surface area contributed by atoms with E-state index in [1.807, 2.05) is 55.5 Å². The minimum absolute atomic E-state index is 0.173. The van der Waals surface area contributed by atoms with E-state index >= 15 is 0 Å². The number of aryl methyl sites for hydroxylation is 1. The van der Waals surface area contributed by atoms with Gasteiger partial charge in [-0.25, -0.2) is 4.98 Å². The van der Waals surface area contributed by atoms with Crippen LogP contribution >= 0.6 is 0 Å². The van der Waals surface area contributed by atoms with Crippen molar-refractivity contribution >= 4 is 23.0 Å². The average Bonchev–Trinajstić information content (AvgIpc) is 3.13. The maximum absolute atomic E-state index is 12.8. The third kappa shape index (κ3) is 4.01. The van der Waals surface area contributed by atoms with Crippen molar-refractivity contribution in [1.82, 2.24) is 14.7 Å². The third-order valence-corrected chi connectivity index (χ3v) is 4.53. The number of benzene rings is 2. The summed E-state index contributed by atoms with van der Waals surface area (Å²) in [5.74, 6) is -0.532. The number of aromatic nitrogens is 2. The van der Waals surface area contributed by atoms with Gasteiger partial charge < -0.3 is 10.6 Å². The lowest BCUT2D eigenvalue weighted by molar-refractivity contribution is 0.0940. The van der Waals surface area contributed by atoms with Crippen molar-refractivity contribution in [3.8, 4) is 0 Å². The van der Waals surface area contributed by atoms with Crippen LogP contribution in [-0.2, 0) is 6.54 Å². The number of carbonyl (C=O) groups excluding carboxylic acids is 2. The molecule has 2 N–H and O–H groups in total. The number of hydrogen-bond acceptors (Lipinski definition) is 3. The van der Waals surface area contributed by atoms with E-state index in [-0.39, 0.29) is 23.3 Å². The fourth-order valence-corrected chi connectivity index (χ4v) is 3.16. The summed E-state index contributed by atoms with van der Waals surface area (Å²) in [6.45, 7) is 2.39. The molecule has 6 nitrogen and oxygen atoms in total. The van der Waals surface area contributed by atoms with Gasteiger partial charge in [0, 0.05) is 18.4 Å². The summed E-state index contributed by atoms with van der Waals surface area (Å²) in [5, 5.41) is 5.70. The molecule has 0 spiro atoms. The van der Waals surface area contributed by atoms with Crippen molar-refractivity contribution in [2.24, 2.45) is 0 Å². The summed E-state index contributed by atoms with van der Waals surface area (Å²) < 4.78 is 1.63. The molecule has 4 rings (SSSR count). The number of hydrogen-bond donors (Lipinski definition) is 2. The van der Waals surface area contributed by atoms with Gasteiger partial charge in [0.1, 0.15) is 0 Å². The molecule has 2 amide bonds. The van der Waals surface area contributed by atoms with E-state index in [1.54, 1.807) is 34.9 Å². The molecule has 0 saturated carbocycles. The first kappa shape index (κ1) is 18.4. The van der Waals surface area contributed by atoms with Gasteiger partial charge >= 0.3 is 0 Å². The average molecular weight is 384 g/mol. The number of carbonyl (C=O) groups is 2. The molecule has 0 aliphatic rings. The Labute approximate surface area is 168 Å². The van der Waals surface area contributed by atoms with Crippen LogP contribution in [0.25, 0.3) is 5.52 Å². The zero-order chi connectivity index (χ0) is 20.2. The smallest absolute Gasteiger partial charge is 0.287 e. The molecule has 0 atom stereocenters. The van der Waals surface area contributed by atoms with E-state index < -0.39 is 0 Å². The zero-order valence-corrected chi connectivity index (χ0v) is 15.9. The third-order valence-electron chi connectivity index (χ3n) is 4.53. The van der Waals surface area contributed by atoms with Crippen molar-refractivity contribution in [3.05, 3.63) is 102 Å². The van der Waals surface area contributed by atoms with E-state index in [0.29, 0.717) is 17.7 Å². The fraction of sp³-hybridized carbons (Fsp3) is 0.0870. The number of imidazole rings is 1. The van der Waals surface area contributed by atoms with Crippen LogP contribution in [0, 0.1) is 6.92 Å². The highest BCUT2D eigenvalue weighted by Crippen LogP contribution is 2.16. The normalized spacial score (nSPS) is 10.7. The van der Waals surface area contributed by atoms with Crippen molar-refractivity contribution in [3.63, 3.8) is 0 Å². The van der Waals surface area contributed by atoms with Crippen molar-refractivity contribution in [2.75, 3.05) is 5.32 Å². The second kappa shape index (κ2) is 7.98. The Hall–Kier alpha value is -3.93. The molecular weight excluding hydrogens is 364 g/mol. The van der Waals surface area contributed by atoms with Gasteiger partial charge in [-0.05, 0) is 36.8 Å². The Morgan fingerprint density at radius 3 is 2.52 bits per heavy atom. The van der Waals surface area contributed by atoms with E-state index in [2.05, 4.69) is 15.6 Å². The lowest BCUT2D eigenvalue weighted by Crippen LogP contribution is -2.25. The molecule has 0 unspecified atom stereocenters. The first-order chi connectivity index (χ1) is 14.1. The Morgan fingerprint density at radius 1 is 0.931 bits per heavy atom. The lowest BCUT2D eigenvalue weighted by Gasteiger charge is -2.05. The molecule has 4 aromatic rings. The molecule has 0 saturated heterocycles. The number of fused-ring (bicyclic) bond motifs is 1. The van der Waals surface area contributed by atoms with E-state index in [0.717, 1.165) is 11.1 Å². The molecule has 0 radical (unpaired) electrons. The first-order valence-corrected chi connectivity index (χ1v) is 9.29. The van der Waals surface area contributed by atoms with Crippen molar-refractivity contribution < 1.29 is 9.59 Å². The Bertz CT molecular complexity index is 1180. The maximum Gasteiger partial charge on any atom is 0.287 e. The van der Waals surface area contributed by atoms with Crippen LogP contribution in [0.4, 0.5) is 5.69 Å². The van der Waals surface area contributed by atoms with Gasteiger partial charge in [-0.15, -0.1) is 0 Å². The highest BCUT2D eigenvalue weighted by molar-refractivity contribution is 6.08. The quantitative estimate of drug-likeness (QED) is 0.549. The predicted molar refractivity (Wildman–Crippen MR) is 112 cm³/mol. The number of anilines is 1. The highest BCUT2D eigenvalue weighted by Gasteiger charge is 2.21. The summed E-state index contributed by atoms with van der Waals surface area (Å²) in [4.78, 5) is 29.9. The van der Waals surface area contributed by atoms with Gasteiger partial charge in [0.25, 0.3) is 11.8 Å². The van der Waals surface area contributed by atoms with Crippen molar-refractivity contribution in [2.45, 2.75) is 13.5 Å². The number of rotatable bonds is 5. The molecule has 0 fully saturated rings. The molecule has 144 valence electrons. The summed E-state index contributed by atoms with van der Waals surface area (Å²) in [6, 6.07) is 22.4. The van der Waals surface area contributed by atoms with E-state index in [9.17, 15) is 9.59 Å². The zero-order valence-electron chi connectivity index (χ0n) is 15.9. The Kier molecular flexibility index (Phi) is 5.07. The SMILES string of the molecule is Cc1cccc(CNC(=O)c2nc(C(=O)Nc3ccccc3)c3ccccn23)c1. The number of nitrogens with zero attached hydrogens (tertiary/aromatic N) is 2. The van der Waals surface area contributed by atoms with E-state index in [4.69, 9.17) is 0 Å². The molecule has 2 aromatic heterocycles. The molecule has 6 heteroatoms. The van der Waals surface area contributed by atoms with Gasteiger partial charge in [-0.2, -0.15) is 0 Å². The second-order valence-corrected chi connectivity index (χ2v) is 6.73. The largest absolute Gasteiger partial charge is 0.345 e. The Balaban J connectivity index is 1.60. The fourth-order valence-electron chi connectivity index (χ4n) is 3.16. The van der Waals surface area contributed by atoms with Crippen LogP contribution < -0.4 is 10.6 Å². The van der Waals surface area contributed by atoms with Gasteiger partial charge in [0.05, 0.1) is 5.52 Å². The summed E-state index contributed by atoms with van der Waals surface area (Å²) in [5.41, 5.74) is 3.57. The van der Waals surface area contributed by atoms with Gasteiger partial charge in [-0.1, -0.05) is 54.1 Å². The molecule has 0 aliphatic carbocycles.